The molecule has 8 heteroatoms. The summed E-state index contributed by atoms with van der Waals surface area (Å²) in [6.45, 7) is 2.71. The molecule has 2 aromatic heterocycles. The lowest BCUT2D eigenvalue weighted by atomic mass is 9.96. The van der Waals surface area contributed by atoms with Crippen LogP contribution >= 0.6 is 0 Å². The normalized spacial score (nSPS) is 21.8. The van der Waals surface area contributed by atoms with Gasteiger partial charge in [0.15, 0.2) is 11.5 Å². The average Bonchev–Trinajstić information content (AvgIpc) is 2.57. The van der Waals surface area contributed by atoms with E-state index in [1.807, 2.05) is 6.92 Å². The van der Waals surface area contributed by atoms with Gasteiger partial charge in [-0.15, -0.1) is 0 Å². The number of piperidine rings is 1. The van der Waals surface area contributed by atoms with Crippen LogP contribution in [-0.2, 0) is 6.18 Å². The molecular weight excluding hydrogens is 321 g/mol. The molecule has 3 rings (SSSR count). The fourth-order valence-electron chi connectivity index (χ4n) is 2.62. The van der Waals surface area contributed by atoms with Crippen LogP contribution in [0.25, 0.3) is 11.4 Å². The second-order valence-electron chi connectivity index (χ2n) is 5.95. The Kier molecular flexibility index (Phi) is 4.40. The Morgan fingerprint density at radius 2 is 2.08 bits per heavy atom. The van der Waals surface area contributed by atoms with Crippen molar-refractivity contribution >= 4 is 5.82 Å². The zero-order valence-electron chi connectivity index (χ0n) is 13.0. The van der Waals surface area contributed by atoms with Crippen LogP contribution in [0.3, 0.4) is 0 Å². The van der Waals surface area contributed by atoms with Gasteiger partial charge >= 0.3 is 6.18 Å². The summed E-state index contributed by atoms with van der Waals surface area (Å²) in [6, 6.07) is 4.16. The van der Waals surface area contributed by atoms with Crippen LogP contribution in [0.5, 0.6) is 0 Å². The average molecular weight is 338 g/mol. The molecule has 128 valence electrons. The Balaban J connectivity index is 2.03. The zero-order chi connectivity index (χ0) is 17.3. The smallest absolute Gasteiger partial charge is 0.391 e. The lowest BCUT2D eigenvalue weighted by molar-refractivity contribution is -0.141. The lowest BCUT2D eigenvalue weighted by Crippen LogP contribution is -2.43. The van der Waals surface area contributed by atoms with E-state index in [2.05, 4.69) is 15.0 Å². The van der Waals surface area contributed by atoms with Crippen LogP contribution in [0.2, 0.25) is 0 Å². The first-order valence-corrected chi connectivity index (χ1v) is 7.64. The monoisotopic (exact) mass is 338 g/mol. The van der Waals surface area contributed by atoms with Crippen LogP contribution in [0.1, 0.15) is 19.0 Å². The molecule has 2 unspecified atom stereocenters. The van der Waals surface area contributed by atoms with Gasteiger partial charge < -0.3 is 10.0 Å². The topological polar surface area (TPSA) is 62.1 Å². The van der Waals surface area contributed by atoms with E-state index in [4.69, 9.17) is 0 Å². The number of pyridine rings is 1. The number of aliphatic hydroxyl groups is 1. The number of halogens is 3. The number of anilines is 1. The maximum absolute atomic E-state index is 13.2. The van der Waals surface area contributed by atoms with Gasteiger partial charge in [-0.3, -0.25) is 4.98 Å². The fourth-order valence-corrected chi connectivity index (χ4v) is 2.62. The fraction of sp³-hybridized carbons (Fsp3) is 0.438. The molecule has 1 saturated heterocycles. The third-order valence-corrected chi connectivity index (χ3v) is 4.17. The first-order chi connectivity index (χ1) is 11.3. The molecule has 2 atom stereocenters. The number of aromatic nitrogens is 3. The molecule has 3 heterocycles. The van der Waals surface area contributed by atoms with Crippen molar-refractivity contribution in [1.82, 2.24) is 15.0 Å². The molecule has 2 aromatic rings. The van der Waals surface area contributed by atoms with E-state index in [1.165, 1.54) is 12.4 Å². The Morgan fingerprint density at radius 1 is 1.29 bits per heavy atom. The second kappa shape index (κ2) is 6.35. The third-order valence-electron chi connectivity index (χ3n) is 4.17. The summed E-state index contributed by atoms with van der Waals surface area (Å²) in [5, 5.41) is 10.0. The van der Waals surface area contributed by atoms with Crippen molar-refractivity contribution in [3.8, 4) is 11.4 Å². The SMILES string of the molecule is CC1CCN(c2cc(C(F)(F)F)nc(-c3cccnc3)n2)CC1O. The number of aliphatic hydroxyl groups excluding tert-OH is 1. The highest BCUT2D eigenvalue weighted by atomic mass is 19.4. The Bertz CT molecular complexity index is 708. The first-order valence-electron chi connectivity index (χ1n) is 7.64. The largest absolute Gasteiger partial charge is 0.433 e. The van der Waals surface area contributed by atoms with Crippen LogP contribution in [-0.4, -0.2) is 39.3 Å². The summed E-state index contributed by atoms with van der Waals surface area (Å²) >= 11 is 0. The molecule has 0 amide bonds. The van der Waals surface area contributed by atoms with Crippen molar-refractivity contribution < 1.29 is 18.3 Å². The van der Waals surface area contributed by atoms with Gasteiger partial charge in [0.1, 0.15) is 5.82 Å². The lowest BCUT2D eigenvalue weighted by Gasteiger charge is -2.35. The van der Waals surface area contributed by atoms with Gasteiger partial charge in [0.2, 0.25) is 0 Å². The van der Waals surface area contributed by atoms with Crippen molar-refractivity contribution in [1.29, 1.82) is 0 Å². The third kappa shape index (κ3) is 3.48. The minimum Gasteiger partial charge on any atom is -0.391 e. The second-order valence-corrected chi connectivity index (χ2v) is 5.95. The predicted molar refractivity (Wildman–Crippen MR) is 82.3 cm³/mol. The van der Waals surface area contributed by atoms with Gasteiger partial charge in [0.05, 0.1) is 6.10 Å². The molecule has 1 fully saturated rings. The number of hydrogen-bond acceptors (Lipinski definition) is 5. The maximum atomic E-state index is 13.2. The minimum absolute atomic E-state index is 0.0268. The van der Waals surface area contributed by atoms with Gasteiger partial charge in [0.25, 0.3) is 0 Å². The van der Waals surface area contributed by atoms with Crippen molar-refractivity contribution in [2.24, 2.45) is 5.92 Å². The molecule has 1 aliphatic rings. The van der Waals surface area contributed by atoms with Crippen molar-refractivity contribution in [3.63, 3.8) is 0 Å². The van der Waals surface area contributed by atoms with E-state index in [-0.39, 0.29) is 24.1 Å². The molecule has 1 aliphatic heterocycles. The molecule has 24 heavy (non-hydrogen) atoms. The molecule has 0 radical (unpaired) electrons. The van der Waals surface area contributed by atoms with E-state index < -0.39 is 18.0 Å². The summed E-state index contributed by atoms with van der Waals surface area (Å²) in [5.41, 5.74) is -0.588. The van der Waals surface area contributed by atoms with Crippen LogP contribution in [0.15, 0.2) is 30.6 Å². The standard InChI is InChI=1S/C16H17F3N4O/c1-10-4-6-23(9-12(10)24)14-7-13(16(17,18)19)21-15(22-14)11-3-2-5-20-8-11/h2-3,5,7-8,10,12,24H,4,6,9H2,1H3. The molecule has 1 N–H and O–H groups in total. The highest BCUT2D eigenvalue weighted by Crippen LogP contribution is 2.32. The summed E-state index contributed by atoms with van der Waals surface area (Å²) in [7, 11) is 0. The highest BCUT2D eigenvalue weighted by Gasteiger charge is 2.35. The predicted octanol–water partition coefficient (Wildman–Crippen LogP) is 2.76. The molecule has 0 aliphatic carbocycles. The quantitative estimate of drug-likeness (QED) is 0.912. The summed E-state index contributed by atoms with van der Waals surface area (Å²) in [6.07, 6.45) is -1.53. The number of nitrogens with zero attached hydrogens (tertiary/aromatic N) is 4. The van der Waals surface area contributed by atoms with Gasteiger partial charge in [-0.25, -0.2) is 9.97 Å². The highest BCUT2D eigenvalue weighted by molar-refractivity contribution is 5.57. The number of β-amino-alcohol motifs (C(OH)–C–C–N with tert-alkyl or cyclic N) is 1. The Hall–Kier alpha value is -2.22. The zero-order valence-corrected chi connectivity index (χ0v) is 13.0. The summed E-state index contributed by atoms with van der Waals surface area (Å²) in [4.78, 5) is 13.5. The van der Waals surface area contributed by atoms with Crippen LogP contribution in [0, 0.1) is 5.92 Å². The first kappa shape index (κ1) is 16.6. The molecule has 0 spiro atoms. The Labute approximate surface area is 137 Å². The van der Waals surface area contributed by atoms with Gasteiger partial charge in [-0.2, -0.15) is 13.2 Å². The van der Waals surface area contributed by atoms with Crippen LogP contribution in [0.4, 0.5) is 19.0 Å². The molecule has 0 aromatic carbocycles. The Morgan fingerprint density at radius 3 is 2.71 bits per heavy atom. The number of rotatable bonds is 2. The number of hydrogen-bond donors (Lipinski definition) is 1. The summed E-state index contributed by atoms with van der Waals surface area (Å²) in [5.74, 6) is 0.256. The molecular formula is C16H17F3N4O. The van der Waals surface area contributed by atoms with E-state index in [1.54, 1.807) is 17.0 Å². The number of alkyl halides is 3. The van der Waals surface area contributed by atoms with E-state index in [9.17, 15) is 18.3 Å². The minimum atomic E-state index is -4.57. The van der Waals surface area contributed by atoms with Gasteiger partial charge in [-0.1, -0.05) is 6.92 Å². The van der Waals surface area contributed by atoms with Crippen molar-refractivity contribution in [3.05, 3.63) is 36.3 Å². The van der Waals surface area contributed by atoms with E-state index >= 15 is 0 Å². The molecule has 0 saturated carbocycles. The van der Waals surface area contributed by atoms with Gasteiger partial charge in [0, 0.05) is 37.1 Å². The summed E-state index contributed by atoms with van der Waals surface area (Å²) < 4.78 is 39.6. The van der Waals surface area contributed by atoms with E-state index in [0.29, 0.717) is 18.5 Å². The van der Waals surface area contributed by atoms with Crippen LogP contribution < -0.4 is 4.90 Å². The van der Waals surface area contributed by atoms with Gasteiger partial charge in [-0.05, 0) is 24.5 Å². The van der Waals surface area contributed by atoms with Crippen molar-refractivity contribution in [2.45, 2.75) is 25.6 Å². The molecule has 0 bridgehead atoms. The van der Waals surface area contributed by atoms with E-state index in [0.717, 1.165) is 6.07 Å². The van der Waals surface area contributed by atoms with Crippen molar-refractivity contribution in [2.75, 3.05) is 18.0 Å². The molecule has 5 nitrogen and oxygen atoms in total. The maximum Gasteiger partial charge on any atom is 0.433 e.